The third-order valence-electron chi connectivity index (χ3n) is 2.17. The van der Waals surface area contributed by atoms with E-state index < -0.39 is 23.6 Å². The Morgan fingerprint density at radius 2 is 1.76 bits per heavy atom. The Morgan fingerprint density at radius 1 is 1.29 bits per heavy atom. The predicted octanol–water partition coefficient (Wildman–Crippen LogP) is 0.460. The summed E-state index contributed by atoms with van der Waals surface area (Å²) in [7, 11) is 3.29. The molecule has 0 heterocycles. The molecule has 0 aliphatic carbocycles. The van der Waals surface area contributed by atoms with Crippen molar-refractivity contribution in [1.29, 1.82) is 0 Å². The number of carboxylic acids is 1. The maximum atomic E-state index is 12.5. The van der Waals surface area contributed by atoms with Crippen LogP contribution in [-0.4, -0.2) is 54.2 Å². The van der Waals surface area contributed by atoms with Crippen LogP contribution in [0.15, 0.2) is 0 Å². The van der Waals surface area contributed by atoms with Gasteiger partial charge >= 0.3 is 12.1 Å². The summed E-state index contributed by atoms with van der Waals surface area (Å²) in [6.45, 7) is 0.655. The van der Waals surface area contributed by atoms with E-state index >= 15 is 0 Å². The van der Waals surface area contributed by atoms with E-state index in [0.717, 1.165) is 0 Å². The molecule has 0 bridgehead atoms. The van der Waals surface area contributed by atoms with Gasteiger partial charge in [0.2, 0.25) is 11.4 Å². The van der Waals surface area contributed by atoms with E-state index in [1.54, 1.807) is 19.0 Å². The van der Waals surface area contributed by atoms with Crippen LogP contribution in [0.5, 0.6) is 0 Å². The van der Waals surface area contributed by atoms with Crippen LogP contribution >= 0.6 is 0 Å². The van der Waals surface area contributed by atoms with E-state index in [1.807, 2.05) is 0 Å². The van der Waals surface area contributed by atoms with Crippen LogP contribution in [0.25, 0.3) is 0 Å². The highest BCUT2D eigenvalue weighted by atomic mass is 19.4. The fourth-order valence-electron chi connectivity index (χ4n) is 0.912. The van der Waals surface area contributed by atoms with Gasteiger partial charge in [0, 0.05) is 13.0 Å². The Kier molecular flexibility index (Phi) is 4.94. The smallest absolute Gasteiger partial charge is 0.422 e. The zero-order chi connectivity index (χ0) is 13.9. The molecule has 0 spiro atoms. The fourth-order valence-corrected chi connectivity index (χ4v) is 0.912. The number of alkyl halides is 3. The highest BCUT2D eigenvalue weighted by molar-refractivity contribution is 5.87. The van der Waals surface area contributed by atoms with Gasteiger partial charge in [0.1, 0.15) is 0 Å². The van der Waals surface area contributed by atoms with Crippen molar-refractivity contribution in [2.75, 3.05) is 20.6 Å². The van der Waals surface area contributed by atoms with Crippen molar-refractivity contribution in [1.82, 2.24) is 10.2 Å². The Balaban J connectivity index is 4.69. The number of carbonyl (C=O) groups excluding carboxylic acids is 1. The van der Waals surface area contributed by atoms with Crippen molar-refractivity contribution in [3.63, 3.8) is 0 Å². The van der Waals surface area contributed by atoms with Crippen LogP contribution in [-0.2, 0) is 9.59 Å². The molecule has 0 aromatic carbocycles. The zero-order valence-corrected chi connectivity index (χ0v) is 9.76. The average Bonchev–Trinajstić information content (AvgIpc) is 2.12. The van der Waals surface area contributed by atoms with Gasteiger partial charge in [0.25, 0.3) is 0 Å². The number of halogens is 3. The lowest BCUT2D eigenvalue weighted by molar-refractivity contribution is -0.207. The molecule has 0 radical (unpaired) electrons. The van der Waals surface area contributed by atoms with Crippen molar-refractivity contribution in [3.8, 4) is 0 Å². The van der Waals surface area contributed by atoms with E-state index in [-0.39, 0.29) is 13.0 Å². The monoisotopic (exact) mass is 256 g/mol. The summed E-state index contributed by atoms with van der Waals surface area (Å²) >= 11 is 0. The average molecular weight is 256 g/mol. The standard InChI is InChI=1S/C9H15F3N2O3/c1-8(7(16)17,9(10,11)12)13-6(15)4-5-14(2)3/h4-5H2,1-3H3,(H,13,15)(H,16,17). The molecule has 1 atom stereocenters. The van der Waals surface area contributed by atoms with Gasteiger partial charge in [-0.25, -0.2) is 4.79 Å². The molecule has 0 aromatic rings. The SMILES string of the molecule is CN(C)CCC(=O)NC(C)(C(=O)O)C(F)(F)F. The zero-order valence-electron chi connectivity index (χ0n) is 9.76. The molecule has 17 heavy (non-hydrogen) atoms. The number of carbonyl (C=O) groups is 2. The van der Waals surface area contributed by atoms with Gasteiger partial charge in [-0.1, -0.05) is 0 Å². The lowest BCUT2D eigenvalue weighted by Gasteiger charge is -2.28. The lowest BCUT2D eigenvalue weighted by Crippen LogP contribution is -2.62. The Bertz CT molecular complexity index is 304. The second-order valence-electron chi connectivity index (χ2n) is 4.03. The van der Waals surface area contributed by atoms with Crippen LogP contribution in [0.1, 0.15) is 13.3 Å². The lowest BCUT2D eigenvalue weighted by atomic mass is 10.0. The summed E-state index contributed by atoms with van der Waals surface area (Å²) < 4.78 is 37.5. The summed E-state index contributed by atoms with van der Waals surface area (Å²) in [6.07, 6.45) is -5.25. The summed E-state index contributed by atoms with van der Waals surface area (Å²) in [4.78, 5) is 23.4. The van der Waals surface area contributed by atoms with Crippen LogP contribution in [0.3, 0.4) is 0 Å². The van der Waals surface area contributed by atoms with Gasteiger partial charge in [0.05, 0.1) is 0 Å². The van der Waals surface area contributed by atoms with Crippen molar-refractivity contribution in [3.05, 3.63) is 0 Å². The highest BCUT2D eigenvalue weighted by Gasteiger charge is 2.58. The molecular formula is C9H15F3N2O3. The largest absolute Gasteiger partial charge is 0.479 e. The topological polar surface area (TPSA) is 69.6 Å². The number of hydrogen-bond acceptors (Lipinski definition) is 3. The summed E-state index contributed by atoms with van der Waals surface area (Å²) in [5.74, 6) is -3.09. The van der Waals surface area contributed by atoms with Gasteiger partial charge in [-0.2, -0.15) is 13.2 Å². The minimum absolute atomic E-state index is 0.202. The number of carboxylic acid groups (broad SMARTS) is 1. The van der Waals surface area contributed by atoms with Crippen LogP contribution in [0.2, 0.25) is 0 Å². The number of aliphatic carboxylic acids is 1. The maximum absolute atomic E-state index is 12.5. The van der Waals surface area contributed by atoms with E-state index in [0.29, 0.717) is 6.92 Å². The van der Waals surface area contributed by atoms with Crippen molar-refractivity contribution >= 4 is 11.9 Å². The van der Waals surface area contributed by atoms with Crippen LogP contribution in [0.4, 0.5) is 13.2 Å². The molecule has 0 fully saturated rings. The first-order valence-electron chi connectivity index (χ1n) is 4.76. The first-order chi connectivity index (χ1) is 7.50. The molecule has 1 amide bonds. The maximum Gasteiger partial charge on any atom is 0.422 e. The first kappa shape index (κ1) is 15.7. The normalized spacial score (nSPS) is 15.5. The molecule has 100 valence electrons. The van der Waals surface area contributed by atoms with Gasteiger partial charge in [-0.15, -0.1) is 0 Å². The highest BCUT2D eigenvalue weighted by Crippen LogP contribution is 2.30. The number of nitrogens with zero attached hydrogens (tertiary/aromatic N) is 1. The molecule has 0 saturated heterocycles. The van der Waals surface area contributed by atoms with E-state index in [2.05, 4.69) is 0 Å². The number of nitrogens with one attached hydrogen (secondary N) is 1. The van der Waals surface area contributed by atoms with Gasteiger partial charge in [-0.05, 0) is 21.0 Å². The van der Waals surface area contributed by atoms with E-state index in [1.165, 1.54) is 5.32 Å². The second kappa shape index (κ2) is 5.35. The molecule has 2 N–H and O–H groups in total. The Labute approximate surface area is 96.6 Å². The van der Waals surface area contributed by atoms with Gasteiger partial charge < -0.3 is 15.3 Å². The first-order valence-corrected chi connectivity index (χ1v) is 4.76. The van der Waals surface area contributed by atoms with Crippen molar-refractivity contribution < 1.29 is 27.9 Å². The minimum atomic E-state index is -5.05. The molecule has 5 nitrogen and oxygen atoms in total. The minimum Gasteiger partial charge on any atom is -0.479 e. The number of hydrogen-bond donors (Lipinski definition) is 2. The molecule has 0 saturated carbocycles. The Hall–Kier alpha value is -1.31. The summed E-state index contributed by atoms with van der Waals surface area (Å²) in [5, 5.41) is 10.0. The number of rotatable bonds is 5. The summed E-state index contributed by atoms with van der Waals surface area (Å²) in [6, 6.07) is 0. The summed E-state index contributed by atoms with van der Waals surface area (Å²) in [5.41, 5.74) is -3.25. The third-order valence-corrected chi connectivity index (χ3v) is 2.17. The number of amides is 1. The van der Waals surface area contributed by atoms with Gasteiger partial charge in [-0.3, -0.25) is 4.79 Å². The fraction of sp³-hybridized carbons (Fsp3) is 0.778. The predicted molar refractivity (Wildman–Crippen MR) is 53.4 cm³/mol. The second-order valence-corrected chi connectivity index (χ2v) is 4.03. The van der Waals surface area contributed by atoms with Crippen molar-refractivity contribution in [2.24, 2.45) is 0 Å². The van der Waals surface area contributed by atoms with Gasteiger partial charge in [0.15, 0.2) is 0 Å². The quantitative estimate of drug-likeness (QED) is 0.749. The molecule has 1 unspecified atom stereocenters. The van der Waals surface area contributed by atoms with Crippen molar-refractivity contribution in [2.45, 2.75) is 25.1 Å². The molecule has 8 heteroatoms. The van der Waals surface area contributed by atoms with Crippen LogP contribution < -0.4 is 5.32 Å². The Morgan fingerprint density at radius 3 is 2.06 bits per heavy atom. The van der Waals surface area contributed by atoms with E-state index in [4.69, 9.17) is 5.11 Å². The molecule has 0 rings (SSSR count). The van der Waals surface area contributed by atoms with Crippen LogP contribution in [0, 0.1) is 0 Å². The molecule has 0 aromatic heterocycles. The molecular weight excluding hydrogens is 241 g/mol. The molecule has 0 aliphatic heterocycles. The van der Waals surface area contributed by atoms with E-state index in [9.17, 15) is 22.8 Å². The third kappa shape index (κ3) is 4.22. The molecule has 0 aliphatic rings.